The summed E-state index contributed by atoms with van der Waals surface area (Å²) < 4.78 is 1.49. The first-order valence-electron chi connectivity index (χ1n) is 9.25. The molecule has 0 bridgehead atoms. The Hall–Kier alpha value is -3.21. The molecule has 2 aromatic heterocycles. The van der Waals surface area contributed by atoms with Crippen molar-refractivity contribution >= 4 is 33.2 Å². The third-order valence-electron chi connectivity index (χ3n) is 5.45. The molecule has 2 aromatic carbocycles. The SMILES string of the molecule is CC1CCN(C(=O)c2cccn3c(=O)c4cc5ccccc5cc4nc23)C1. The topological polar surface area (TPSA) is 54.7 Å². The van der Waals surface area contributed by atoms with Crippen molar-refractivity contribution in [1.29, 1.82) is 0 Å². The van der Waals surface area contributed by atoms with Crippen LogP contribution in [0.4, 0.5) is 0 Å². The van der Waals surface area contributed by atoms with Gasteiger partial charge in [-0.25, -0.2) is 4.98 Å². The Labute approximate surface area is 155 Å². The second-order valence-corrected chi connectivity index (χ2v) is 7.39. The van der Waals surface area contributed by atoms with Gasteiger partial charge in [0.15, 0.2) is 5.65 Å². The number of carbonyl (C=O) groups is 1. The summed E-state index contributed by atoms with van der Waals surface area (Å²) in [7, 11) is 0. The number of amides is 1. The Morgan fingerprint density at radius 2 is 1.89 bits per heavy atom. The summed E-state index contributed by atoms with van der Waals surface area (Å²) in [6.07, 6.45) is 2.70. The minimum atomic E-state index is -0.148. The van der Waals surface area contributed by atoms with Crippen LogP contribution >= 0.6 is 0 Å². The van der Waals surface area contributed by atoms with Crippen molar-refractivity contribution in [2.75, 3.05) is 13.1 Å². The molecule has 0 N–H and O–H groups in total. The van der Waals surface area contributed by atoms with Crippen LogP contribution in [0.5, 0.6) is 0 Å². The van der Waals surface area contributed by atoms with Crippen molar-refractivity contribution in [1.82, 2.24) is 14.3 Å². The zero-order valence-corrected chi connectivity index (χ0v) is 15.1. The highest BCUT2D eigenvalue weighted by molar-refractivity contribution is 6.02. The number of pyridine rings is 1. The fraction of sp³-hybridized carbons (Fsp3) is 0.227. The molecule has 5 nitrogen and oxygen atoms in total. The van der Waals surface area contributed by atoms with Gasteiger partial charge in [-0.05, 0) is 47.4 Å². The van der Waals surface area contributed by atoms with Gasteiger partial charge < -0.3 is 4.90 Å². The molecular formula is C22H19N3O2. The molecule has 0 aliphatic carbocycles. The van der Waals surface area contributed by atoms with Crippen LogP contribution in [0.25, 0.3) is 27.3 Å². The third kappa shape index (κ3) is 2.50. The number of carbonyl (C=O) groups excluding carboxylic acids is 1. The van der Waals surface area contributed by atoms with Gasteiger partial charge in [0, 0.05) is 19.3 Å². The maximum atomic E-state index is 13.1. The molecule has 4 aromatic rings. The van der Waals surface area contributed by atoms with Crippen molar-refractivity contribution in [2.45, 2.75) is 13.3 Å². The molecule has 1 aliphatic rings. The molecule has 1 atom stereocenters. The summed E-state index contributed by atoms with van der Waals surface area (Å²) in [5, 5.41) is 2.59. The van der Waals surface area contributed by atoms with Gasteiger partial charge in [0.05, 0.1) is 16.5 Å². The maximum Gasteiger partial charge on any atom is 0.265 e. The Morgan fingerprint density at radius 3 is 2.63 bits per heavy atom. The highest BCUT2D eigenvalue weighted by Gasteiger charge is 2.26. The van der Waals surface area contributed by atoms with Crippen LogP contribution in [-0.2, 0) is 0 Å². The second-order valence-electron chi connectivity index (χ2n) is 7.39. The summed E-state index contributed by atoms with van der Waals surface area (Å²) >= 11 is 0. The summed E-state index contributed by atoms with van der Waals surface area (Å²) in [5.74, 6) is 0.455. The highest BCUT2D eigenvalue weighted by atomic mass is 16.2. The molecular weight excluding hydrogens is 338 g/mol. The third-order valence-corrected chi connectivity index (χ3v) is 5.45. The number of fused-ring (bicyclic) bond motifs is 3. The van der Waals surface area contributed by atoms with Crippen molar-refractivity contribution in [2.24, 2.45) is 5.92 Å². The fourth-order valence-corrected chi connectivity index (χ4v) is 3.97. The van der Waals surface area contributed by atoms with Crippen molar-refractivity contribution in [3.05, 3.63) is 70.6 Å². The van der Waals surface area contributed by atoms with E-state index in [9.17, 15) is 9.59 Å². The summed E-state index contributed by atoms with van der Waals surface area (Å²) in [4.78, 5) is 32.7. The Kier molecular flexibility index (Phi) is 3.50. The minimum Gasteiger partial charge on any atom is -0.338 e. The second kappa shape index (κ2) is 5.91. The lowest BCUT2D eigenvalue weighted by molar-refractivity contribution is 0.0789. The Bertz CT molecular complexity index is 1280. The Balaban J connectivity index is 1.77. The van der Waals surface area contributed by atoms with Gasteiger partial charge in [-0.1, -0.05) is 31.2 Å². The molecule has 1 aliphatic heterocycles. The molecule has 1 amide bonds. The number of likely N-dealkylation sites (tertiary alicyclic amines) is 1. The first kappa shape index (κ1) is 16.0. The average Bonchev–Trinajstić information content (AvgIpc) is 3.12. The smallest absolute Gasteiger partial charge is 0.265 e. The fourth-order valence-electron chi connectivity index (χ4n) is 3.97. The van der Waals surface area contributed by atoms with E-state index in [-0.39, 0.29) is 11.5 Å². The number of nitrogens with zero attached hydrogens (tertiary/aromatic N) is 3. The van der Waals surface area contributed by atoms with E-state index in [0.29, 0.717) is 28.0 Å². The van der Waals surface area contributed by atoms with Crippen LogP contribution < -0.4 is 5.56 Å². The van der Waals surface area contributed by atoms with E-state index in [1.54, 1.807) is 18.3 Å². The molecule has 27 heavy (non-hydrogen) atoms. The van der Waals surface area contributed by atoms with E-state index in [2.05, 4.69) is 6.92 Å². The lowest BCUT2D eigenvalue weighted by Crippen LogP contribution is -2.30. The molecule has 1 saturated heterocycles. The van der Waals surface area contributed by atoms with E-state index >= 15 is 0 Å². The summed E-state index contributed by atoms with van der Waals surface area (Å²) in [6, 6.07) is 15.2. The molecule has 3 heterocycles. The van der Waals surface area contributed by atoms with Crippen molar-refractivity contribution < 1.29 is 4.79 Å². The predicted molar refractivity (Wildman–Crippen MR) is 106 cm³/mol. The van der Waals surface area contributed by atoms with Gasteiger partial charge >= 0.3 is 0 Å². The minimum absolute atomic E-state index is 0.0514. The van der Waals surface area contributed by atoms with E-state index in [1.807, 2.05) is 41.3 Å². The molecule has 134 valence electrons. The van der Waals surface area contributed by atoms with Crippen LogP contribution in [0, 0.1) is 5.92 Å². The van der Waals surface area contributed by atoms with Gasteiger partial charge in [0.2, 0.25) is 0 Å². The summed E-state index contributed by atoms with van der Waals surface area (Å²) in [6.45, 7) is 3.66. The highest BCUT2D eigenvalue weighted by Crippen LogP contribution is 2.23. The number of aromatic nitrogens is 2. The lowest BCUT2D eigenvalue weighted by Gasteiger charge is -2.17. The van der Waals surface area contributed by atoms with E-state index in [0.717, 1.165) is 30.3 Å². The molecule has 5 rings (SSSR count). The Morgan fingerprint density at radius 1 is 1.11 bits per heavy atom. The quantitative estimate of drug-likeness (QED) is 0.490. The first-order chi connectivity index (χ1) is 13.1. The predicted octanol–water partition coefficient (Wildman–Crippen LogP) is 3.48. The van der Waals surface area contributed by atoms with Crippen molar-refractivity contribution in [3.8, 4) is 0 Å². The molecule has 1 unspecified atom stereocenters. The number of hydrogen-bond donors (Lipinski definition) is 0. The maximum absolute atomic E-state index is 13.1. The number of hydrogen-bond acceptors (Lipinski definition) is 3. The van der Waals surface area contributed by atoms with Crippen molar-refractivity contribution in [3.63, 3.8) is 0 Å². The van der Waals surface area contributed by atoms with Gasteiger partial charge in [0.1, 0.15) is 0 Å². The molecule has 0 saturated carbocycles. The molecule has 0 spiro atoms. The largest absolute Gasteiger partial charge is 0.338 e. The van der Waals surface area contributed by atoms with Gasteiger partial charge in [0.25, 0.3) is 11.5 Å². The van der Waals surface area contributed by atoms with E-state index in [4.69, 9.17) is 4.98 Å². The normalized spacial score (nSPS) is 17.2. The van der Waals surface area contributed by atoms with Gasteiger partial charge in [-0.15, -0.1) is 0 Å². The van der Waals surface area contributed by atoms with Gasteiger partial charge in [-0.2, -0.15) is 0 Å². The van der Waals surface area contributed by atoms with Gasteiger partial charge in [-0.3, -0.25) is 14.0 Å². The van der Waals surface area contributed by atoms with Crippen LogP contribution in [0.2, 0.25) is 0 Å². The number of benzene rings is 2. The number of rotatable bonds is 1. The van der Waals surface area contributed by atoms with Crippen LogP contribution in [-0.4, -0.2) is 33.3 Å². The zero-order valence-electron chi connectivity index (χ0n) is 15.1. The van der Waals surface area contributed by atoms with Crippen LogP contribution in [0.1, 0.15) is 23.7 Å². The monoisotopic (exact) mass is 357 g/mol. The van der Waals surface area contributed by atoms with Crippen LogP contribution in [0.3, 0.4) is 0 Å². The average molecular weight is 357 g/mol. The van der Waals surface area contributed by atoms with E-state index < -0.39 is 0 Å². The molecule has 1 fully saturated rings. The first-order valence-corrected chi connectivity index (χ1v) is 9.25. The summed E-state index contributed by atoms with van der Waals surface area (Å²) in [5.41, 5.74) is 1.38. The zero-order chi connectivity index (χ0) is 18.5. The molecule has 0 radical (unpaired) electrons. The standard InChI is InChI=1S/C22H19N3O2/c1-14-8-10-24(13-14)21(26)17-7-4-9-25-20(17)23-19-12-16-6-3-2-5-15(16)11-18(19)22(25)27/h2-7,9,11-12,14H,8,10,13H2,1H3. The lowest BCUT2D eigenvalue weighted by atomic mass is 10.1. The van der Waals surface area contributed by atoms with Crippen LogP contribution in [0.15, 0.2) is 59.5 Å². The molecule has 5 heteroatoms. The van der Waals surface area contributed by atoms with E-state index in [1.165, 1.54) is 4.40 Å².